The second kappa shape index (κ2) is 18.8. The first-order valence-electron chi connectivity index (χ1n) is 20.2. The van der Waals surface area contributed by atoms with E-state index in [1.54, 1.807) is 0 Å². The molecular weight excluding hydrogens is 536 g/mol. The van der Waals surface area contributed by atoms with Gasteiger partial charge in [-0.2, -0.15) is 0 Å². The molecule has 4 aliphatic heterocycles. The van der Waals surface area contributed by atoms with E-state index < -0.39 is 0 Å². The van der Waals surface area contributed by atoms with Crippen molar-refractivity contribution in [2.75, 3.05) is 78.5 Å². The quantitative estimate of drug-likeness (QED) is 0.183. The highest BCUT2D eigenvalue weighted by Gasteiger charge is 2.31. The van der Waals surface area contributed by atoms with Crippen LogP contribution >= 0.6 is 0 Å². The first kappa shape index (κ1) is 34.9. The van der Waals surface area contributed by atoms with Crippen LogP contribution in [-0.2, 0) is 0 Å². The number of hydrogen-bond acceptors (Lipinski definition) is 4. The zero-order valence-electron chi connectivity index (χ0n) is 29.8. The van der Waals surface area contributed by atoms with Gasteiger partial charge >= 0.3 is 0 Å². The van der Waals surface area contributed by atoms with E-state index in [1.165, 1.54) is 181 Å². The third kappa shape index (κ3) is 11.1. The van der Waals surface area contributed by atoms with Crippen molar-refractivity contribution in [1.82, 2.24) is 19.6 Å². The van der Waals surface area contributed by atoms with Crippen LogP contribution in [0.25, 0.3) is 0 Å². The van der Waals surface area contributed by atoms with E-state index in [1.807, 2.05) is 0 Å². The van der Waals surface area contributed by atoms with Crippen molar-refractivity contribution < 1.29 is 0 Å². The molecule has 1 atom stereocenters. The smallest absolute Gasteiger partial charge is 0.000967 e. The minimum Gasteiger partial charge on any atom is -0.303 e. The Bertz CT molecular complexity index is 773. The van der Waals surface area contributed by atoms with Crippen molar-refractivity contribution in [2.45, 2.75) is 124 Å². The van der Waals surface area contributed by atoms with E-state index in [0.717, 1.165) is 41.4 Å². The van der Waals surface area contributed by atoms with Gasteiger partial charge in [0.15, 0.2) is 0 Å². The molecule has 0 amide bonds. The molecule has 0 N–H and O–H groups in total. The molecular formula is C40H74N4. The normalized spacial score (nSPS) is 30.0. The fourth-order valence-electron chi connectivity index (χ4n) is 10.1. The maximum Gasteiger partial charge on any atom is 0.000967 e. The molecule has 4 heteroatoms. The molecule has 44 heavy (non-hydrogen) atoms. The summed E-state index contributed by atoms with van der Waals surface area (Å²) in [5.74, 6) is 6.60. The van der Waals surface area contributed by atoms with Gasteiger partial charge in [0.25, 0.3) is 0 Å². The Hall–Kier alpha value is -0.420. The van der Waals surface area contributed by atoms with Crippen molar-refractivity contribution in [3.8, 4) is 0 Å². The second-order valence-corrected chi connectivity index (χ2v) is 16.4. The van der Waals surface area contributed by atoms with Crippen LogP contribution in [0.5, 0.6) is 0 Å². The van der Waals surface area contributed by atoms with Gasteiger partial charge in [-0.05, 0) is 190 Å². The van der Waals surface area contributed by atoms with Gasteiger partial charge in [-0.1, -0.05) is 45.8 Å². The Morgan fingerprint density at radius 2 is 0.932 bits per heavy atom. The molecule has 254 valence electrons. The maximum atomic E-state index is 2.87. The molecule has 5 aliphatic rings. The third-order valence-electron chi connectivity index (χ3n) is 13.2. The molecule has 0 aromatic rings. The Labute approximate surface area is 274 Å². The summed E-state index contributed by atoms with van der Waals surface area (Å²) in [5, 5.41) is 0. The molecule has 4 heterocycles. The van der Waals surface area contributed by atoms with E-state index in [4.69, 9.17) is 0 Å². The van der Waals surface area contributed by atoms with Crippen LogP contribution in [0, 0.1) is 41.4 Å². The number of allylic oxidation sites excluding steroid dienone is 2. The van der Waals surface area contributed by atoms with E-state index in [0.29, 0.717) is 0 Å². The molecule has 1 saturated carbocycles. The monoisotopic (exact) mass is 611 g/mol. The summed E-state index contributed by atoms with van der Waals surface area (Å²) in [7, 11) is 0. The van der Waals surface area contributed by atoms with Crippen LogP contribution in [0.3, 0.4) is 0 Å². The molecule has 1 unspecified atom stereocenters. The predicted octanol–water partition coefficient (Wildman–Crippen LogP) is 8.43. The molecule has 0 radical (unpaired) electrons. The van der Waals surface area contributed by atoms with Crippen LogP contribution in [-0.4, -0.2) is 98.1 Å². The number of hydrogen-bond donors (Lipinski definition) is 0. The first-order valence-corrected chi connectivity index (χ1v) is 20.2. The van der Waals surface area contributed by atoms with Crippen molar-refractivity contribution in [1.29, 1.82) is 0 Å². The van der Waals surface area contributed by atoms with Gasteiger partial charge in [0.2, 0.25) is 0 Å². The summed E-state index contributed by atoms with van der Waals surface area (Å²) in [6.45, 7) is 23.4. The lowest BCUT2D eigenvalue weighted by Gasteiger charge is -2.41. The third-order valence-corrected chi connectivity index (χ3v) is 13.2. The van der Waals surface area contributed by atoms with E-state index >= 15 is 0 Å². The zero-order chi connectivity index (χ0) is 30.6. The number of rotatable bonds is 14. The van der Waals surface area contributed by atoms with E-state index in [2.05, 4.69) is 52.5 Å². The lowest BCUT2D eigenvalue weighted by atomic mass is 9.78. The van der Waals surface area contributed by atoms with Crippen LogP contribution in [0.4, 0.5) is 0 Å². The standard InChI is InChI=1S/C40H74N4/c1-4-7-34(6-3)31-42-23-14-35(15-24-42)8-9-36-16-25-43(26-17-36)32-37-10-12-38(13-11-37)33-44-29-20-40(21-30-44)39-18-27-41(22-5-2)28-19-39/h8-9,34-40H,4-7,10-33H2,1-3H3/b9-8+. The number of likely N-dealkylation sites (tertiary alicyclic amines) is 4. The zero-order valence-corrected chi connectivity index (χ0v) is 29.8. The number of piperidine rings is 4. The molecule has 0 spiro atoms. The van der Waals surface area contributed by atoms with Crippen LogP contribution in [0.1, 0.15) is 124 Å². The van der Waals surface area contributed by atoms with Crippen LogP contribution in [0.2, 0.25) is 0 Å². The Balaban J connectivity index is 0.897. The van der Waals surface area contributed by atoms with Gasteiger partial charge < -0.3 is 19.6 Å². The predicted molar refractivity (Wildman–Crippen MR) is 190 cm³/mol. The van der Waals surface area contributed by atoms with Gasteiger partial charge in [0, 0.05) is 19.6 Å². The van der Waals surface area contributed by atoms with E-state index in [9.17, 15) is 0 Å². The summed E-state index contributed by atoms with van der Waals surface area (Å²) in [4.78, 5) is 11.2. The van der Waals surface area contributed by atoms with Crippen molar-refractivity contribution in [2.24, 2.45) is 41.4 Å². The minimum atomic E-state index is 0.839. The number of nitrogens with zero attached hydrogens (tertiary/aromatic N) is 4. The van der Waals surface area contributed by atoms with Crippen molar-refractivity contribution in [3.05, 3.63) is 12.2 Å². The first-order chi connectivity index (χ1) is 21.6. The maximum absolute atomic E-state index is 2.87. The molecule has 4 saturated heterocycles. The largest absolute Gasteiger partial charge is 0.303 e. The molecule has 1 aliphatic carbocycles. The Morgan fingerprint density at radius 1 is 0.500 bits per heavy atom. The SMILES string of the molecule is CCCC(CC)CN1CCC(/C=C/C2CCN(CC3CCC(CN4CCC(C5CCN(CCC)CC5)CC4)CC3)CC2)CC1. The van der Waals surface area contributed by atoms with Gasteiger partial charge in [0.05, 0.1) is 0 Å². The minimum absolute atomic E-state index is 0.839. The lowest BCUT2D eigenvalue weighted by molar-refractivity contribution is 0.0801. The van der Waals surface area contributed by atoms with Gasteiger partial charge in [0.1, 0.15) is 0 Å². The highest BCUT2D eigenvalue weighted by atomic mass is 15.1. The summed E-state index contributed by atoms with van der Waals surface area (Å²) in [6, 6.07) is 0. The topological polar surface area (TPSA) is 13.0 Å². The summed E-state index contributed by atoms with van der Waals surface area (Å²) in [5.41, 5.74) is 0. The molecule has 0 aromatic heterocycles. The second-order valence-electron chi connectivity index (χ2n) is 16.4. The van der Waals surface area contributed by atoms with E-state index in [-0.39, 0.29) is 0 Å². The molecule has 5 fully saturated rings. The van der Waals surface area contributed by atoms with Gasteiger partial charge in [-0.25, -0.2) is 0 Å². The fourth-order valence-corrected chi connectivity index (χ4v) is 10.1. The van der Waals surface area contributed by atoms with Gasteiger partial charge in [-0.15, -0.1) is 0 Å². The molecule has 0 aromatic carbocycles. The molecule has 0 bridgehead atoms. The van der Waals surface area contributed by atoms with Crippen LogP contribution < -0.4 is 0 Å². The Morgan fingerprint density at radius 3 is 1.36 bits per heavy atom. The summed E-state index contributed by atoms with van der Waals surface area (Å²) in [6.07, 6.45) is 28.2. The summed E-state index contributed by atoms with van der Waals surface area (Å²) >= 11 is 0. The van der Waals surface area contributed by atoms with Crippen molar-refractivity contribution >= 4 is 0 Å². The average molecular weight is 611 g/mol. The molecule has 5 rings (SSSR count). The fraction of sp³-hybridized carbons (Fsp3) is 0.950. The highest BCUT2D eigenvalue weighted by Crippen LogP contribution is 2.35. The Kier molecular flexibility index (Phi) is 14.9. The molecule has 4 nitrogen and oxygen atoms in total. The summed E-state index contributed by atoms with van der Waals surface area (Å²) < 4.78 is 0. The van der Waals surface area contributed by atoms with Gasteiger partial charge in [-0.3, -0.25) is 0 Å². The van der Waals surface area contributed by atoms with Crippen molar-refractivity contribution in [3.63, 3.8) is 0 Å². The average Bonchev–Trinajstić information content (AvgIpc) is 3.07. The lowest BCUT2D eigenvalue weighted by Crippen LogP contribution is -2.42. The van der Waals surface area contributed by atoms with Crippen LogP contribution in [0.15, 0.2) is 12.2 Å². The highest BCUT2D eigenvalue weighted by molar-refractivity contribution is 4.97.